The van der Waals surface area contributed by atoms with Crippen molar-refractivity contribution in [1.29, 1.82) is 0 Å². The van der Waals surface area contributed by atoms with E-state index in [4.69, 9.17) is 4.74 Å². The van der Waals surface area contributed by atoms with Crippen LogP contribution < -0.4 is 5.32 Å². The predicted molar refractivity (Wildman–Crippen MR) is 73.2 cm³/mol. The van der Waals surface area contributed by atoms with E-state index < -0.39 is 0 Å². The van der Waals surface area contributed by atoms with E-state index >= 15 is 0 Å². The second kappa shape index (κ2) is 8.26. The quantitative estimate of drug-likeness (QED) is 0.696. The minimum atomic E-state index is 0.339. The first-order valence-corrected chi connectivity index (χ1v) is 6.64. The number of benzene rings is 1. The second-order valence-electron chi connectivity index (χ2n) is 4.60. The van der Waals surface area contributed by atoms with Crippen LogP contribution in [0.1, 0.15) is 45.2 Å². The van der Waals surface area contributed by atoms with E-state index in [-0.39, 0.29) is 0 Å². The Hall–Kier alpha value is -0.860. The topological polar surface area (TPSA) is 21.3 Å². The van der Waals surface area contributed by atoms with Crippen molar-refractivity contribution in [2.45, 2.75) is 45.8 Å². The summed E-state index contributed by atoms with van der Waals surface area (Å²) >= 11 is 0. The van der Waals surface area contributed by atoms with Crippen molar-refractivity contribution in [3.05, 3.63) is 35.9 Å². The average Bonchev–Trinajstić information content (AvgIpc) is 2.34. The summed E-state index contributed by atoms with van der Waals surface area (Å²) in [5, 5.41) is 3.58. The molecule has 1 N–H and O–H groups in total. The van der Waals surface area contributed by atoms with Crippen LogP contribution in [-0.2, 0) is 4.74 Å². The highest BCUT2D eigenvalue weighted by Gasteiger charge is 2.06. The van der Waals surface area contributed by atoms with E-state index in [1.165, 1.54) is 5.56 Å². The Bertz CT molecular complexity index is 284. The number of hydrogen-bond donors (Lipinski definition) is 1. The maximum absolute atomic E-state index is 5.52. The molecule has 0 aliphatic carbocycles. The van der Waals surface area contributed by atoms with E-state index in [0.717, 1.165) is 26.0 Å². The van der Waals surface area contributed by atoms with Gasteiger partial charge in [-0.2, -0.15) is 0 Å². The fraction of sp³-hybridized carbons (Fsp3) is 0.600. The molecule has 0 spiro atoms. The van der Waals surface area contributed by atoms with Crippen LogP contribution in [0.25, 0.3) is 0 Å². The molecule has 17 heavy (non-hydrogen) atoms. The van der Waals surface area contributed by atoms with Gasteiger partial charge in [-0.25, -0.2) is 0 Å². The Balaban J connectivity index is 2.24. The SMILES string of the molecule is CCC(NCCCOC(C)C)c1ccccc1. The van der Waals surface area contributed by atoms with Gasteiger partial charge in [0.1, 0.15) is 0 Å². The molecule has 0 aliphatic rings. The molecule has 0 saturated carbocycles. The van der Waals surface area contributed by atoms with Gasteiger partial charge in [0.05, 0.1) is 6.10 Å². The third-order valence-electron chi connectivity index (χ3n) is 2.77. The van der Waals surface area contributed by atoms with Crippen LogP contribution in [0.15, 0.2) is 30.3 Å². The second-order valence-corrected chi connectivity index (χ2v) is 4.60. The van der Waals surface area contributed by atoms with Crippen LogP contribution in [0, 0.1) is 0 Å². The number of hydrogen-bond acceptors (Lipinski definition) is 2. The Morgan fingerprint density at radius 1 is 1.18 bits per heavy atom. The molecule has 0 radical (unpaired) electrons. The van der Waals surface area contributed by atoms with Crippen molar-refractivity contribution in [1.82, 2.24) is 5.32 Å². The van der Waals surface area contributed by atoms with Gasteiger partial charge in [-0.1, -0.05) is 37.3 Å². The summed E-state index contributed by atoms with van der Waals surface area (Å²) in [5.74, 6) is 0. The Labute approximate surface area is 105 Å². The Morgan fingerprint density at radius 3 is 2.47 bits per heavy atom. The van der Waals surface area contributed by atoms with Gasteiger partial charge in [-0.05, 0) is 38.8 Å². The zero-order chi connectivity index (χ0) is 12.5. The van der Waals surface area contributed by atoms with E-state index in [2.05, 4.69) is 56.4 Å². The van der Waals surface area contributed by atoms with E-state index in [9.17, 15) is 0 Å². The van der Waals surface area contributed by atoms with Crippen molar-refractivity contribution in [3.8, 4) is 0 Å². The van der Waals surface area contributed by atoms with Crippen LogP contribution >= 0.6 is 0 Å². The van der Waals surface area contributed by atoms with Gasteiger partial charge >= 0.3 is 0 Å². The molecule has 0 bridgehead atoms. The lowest BCUT2D eigenvalue weighted by Gasteiger charge is -2.17. The fourth-order valence-electron chi connectivity index (χ4n) is 1.85. The Kier molecular flexibility index (Phi) is 6.90. The van der Waals surface area contributed by atoms with Crippen LogP contribution in [0.4, 0.5) is 0 Å². The van der Waals surface area contributed by atoms with Gasteiger partial charge in [-0.3, -0.25) is 0 Å². The van der Waals surface area contributed by atoms with Gasteiger partial charge in [-0.15, -0.1) is 0 Å². The third-order valence-corrected chi connectivity index (χ3v) is 2.77. The van der Waals surface area contributed by atoms with Gasteiger partial charge in [0, 0.05) is 12.6 Å². The molecule has 1 unspecified atom stereocenters. The summed E-state index contributed by atoms with van der Waals surface area (Å²) in [6, 6.07) is 11.1. The molecule has 1 rings (SSSR count). The fourth-order valence-corrected chi connectivity index (χ4v) is 1.85. The molecule has 0 saturated heterocycles. The van der Waals surface area contributed by atoms with E-state index in [0.29, 0.717) is 12.1 Å². The zero-order valence-electron chi connectivity index (χ0n) is 11.3. The lowest BCUT2D eigenvalue weighted by Crippen LogP contribution is -2.23. The molecule has 0 amide bonds. The van der Waals surface area contributed by atoms with Gasteiger partial charge in [0.2, 0.25) is 0 Å². The van der Waals surface area contributed by atoms with Gasteiger partial charge in [0.15, 0.2) is 0 Å². The average molecular weight is 235 g/mol. The standard InChI is InChI=1S/C15H25NO/c1-4-15(14-9-6-5-7-10-14)16-11-8-12-17-13(2)3/h5-7,9-10,13,15-16H,4,8,11-12H2,1-3H3. The summed E-state index contributed by atoms with van der Waals surface area (Å²) in [6.45, 7) is 8.23. The van der Waals surface area contributed by atoms with Crippen molar-refractivity contribution in [3.63, 3.8) is 0 Å². The largest absolute Gasteiger partial charge is 0.379 e. The summed E-state index contributed by atoms with van der Waals surface area (Å²) in [6.07, 6.45) is 2.53. The van der Waals surface area contributed by atoms with Crippen LogP contribution in [-0.4, -0.2) is 19.3 Å². The first-order valence-electron chi connectivity index (χ1n) is 6.64. The monoisotopic (exact) mass is 235 g/mol. The molecule has 1 aromatic carbocycles. The minimum absolute atomic E-state index is 0.339. The normalized spacial score (nSPS) is 12.9. The molecular weight excluding hydrogens is 210 g/mol. The summed E-state index contributed by atoms with van der Waals surface area (Å²) in [4.78, 5) is 0. The number of ether oxygens (including phenoxy) is 1. The highest BCUT2D eigenvalue weighted by molar-refractivity contribution is 5.18. The highest BCUT2D eigenvalue weighted by atomic mass is 16.5. The molecule has 2 nitrogen and oxygen atoms in total. The smallest absolute Gasteiger partial charge is 0.0518 e. The molecule has 0 aliphatic heterocycles. The molecule has 1 aromatic rings. The first-order chi connectivity index (χ1) is 8.24. The summed E-state index contributed by atoms with van der Waals surface area (Å²) in [5.41, 5.74) is 1.37. The molecule has 1 atom stereocenters. The molecule has 0 aromatic heterocycles. The number of rotatable bonds is 8. The van der Waals surface area contributed by atoms with Crippen molar-refractivity contribution in [2.24, 2.45) is 0 Å². The molecule has 96 valence electrons. The highest BCUT2D eigenvalue weighted by Crippen LogP contribution is 2.15. The first kappa shape index (κ1) is 14.2. The summed E-state index contributed by atoms with van der Waals surface area (Å²) < 4.78 is 5.52. The Morgan fingerprint density at radius 2 is 1.88 bits per heavy atom. The lowest BCUT2D eigenvalue weighted by molar-refractivity contribution is 0.0767. The molecular formula is C15H25NO. The molecule has 0 fully saturated rings. The maximum Gasteiger partial charge on any atom is 0.0518 e. The molecule has 0 heterocycles. The summed E-state index contributed by atoms with van der Waals surface area (Å²) in [7, 11) is 0. The van der Waals surface area contributed by atoms with Crippen molar-refractivity contribution < 1.29 is 4.74 Å². The zero-order valence-corrected chi connectivity index (χ0v) is 11.3. The van der Waals surface area contributed by atoms with Crippen LogP contribution in [0.2, 0.25) is 0 Å². The number of nitrogens with one attached hydrogen (secondary N) is 1. The predicted octanol–water partition coefficient (Wildman–Crippen LogP) is 3.54. The van der Waals surface area contributed by atoms with Gasteiger partial charge < -0.3 is 10.1 Å². The third kappa shape index (κ3) is 5.85. The van der Waals surface area contributed by atoms with Crippen molar-refractivity contribution >= 4 is 0 Å². The van der Waals surface area contributed by atoms with Crippen LogP contribution in [0.3, 0.4) is 0 Å². The van der Waals surface area contributed by atoms with Gasteiger partial charge in [0.25, 0.3) is 0 Å². The lowest BCUT2D eigenvalue weighted by atomic mass is 10.0. The van der Waals surface area contributed by atoms with E-state index in [1.807, 2.05) is 0 Å². The van der Waals surface area contributed by atoms with Crippen molar-refractivity contribution in [2.75, 3.05) is 13.2 Å². The maximum atomic E-state index is 5.52. The minimum Gasteiger partial charge on any atom is -0.379 e. The molecule has 2 heteroatoms. The van der Waals surface area contributed by atoms with E-state index in [1.54, 1.807) is 0 Å². The van der Waals surface area contributed by atoms with Crippen LogP contribution in [0.5, 0.6) is 0 Å².